The Bertz CT molecular complexity index is 456. The number of carbonyl (C=O) groups excluding carboxylic acids is 1. The van der Waals surface area contributed by atoms with Crippen molar-refractivity contribution in [1.82, 2.24) is 5.32 Å². The zero-order valence-corrected chi connectivity index (χ0v) is 10.1. The Balaban J connectivity index is 1.66. The molecular weight excluding hydrogens is 232 g/mol. The van der Waals surface area contributed by atoms with Gasteiger partial charge in [-0.05, 0) is 38.1 Å². The van der Waals surface area contributed by atoms with Crippen LogP contribution in [0.25, 0.3) is 0 Å². The van der Waals surface area contributed by atoms with E-state index in [9.17, 15) is 4.79 Å². The van der Waals surface area contributed by atoms with E-state index in [4.69, 9.17) is 9.47 Å². The van der Waals surface area contributed by atoms with Crippen molar-refractivity contribution in [2.24, 2.45) is 5.92 Å². The Morgan fingerprint density at radius 1 is 1.22 bits per heavy atom. The summed E-state index contributed by atoms with van der Waals surface area (Å²) in [5, 5.41) is 6.19. The van der Waals surface area contributed by atoms with Crippen LogP contribution in [0, 0.1) is 5.92 Å². The van der Waals surface area contributed by atoms with Crippen molar-refractivity contribution in [3.05, 3.63) is 18.2 Å². The van der Waals surface area contributed by atoms with Crippen molar-refractivity contribution < 1.29 is 14.3 Å². The molecule has 0 saturated carbocycles. The van der Waals surface area contributed by atoms with Gasteiger partial charge in [-0.1, -0.05) is 0 Å². The summed E-state index contributed by atoms with van der Waals surface area (Å²) in [4.78, 5) is 12.1. The van der Waals surface area contributed by atoms with Crippen LogP contribution in [0.2, 0.25) is 0 Å². The number of ether oxygens (including phenoxy) is 2. The van der Waals surface area contributed by atoms with Gasteiger partial charge in [-0.2, -0.15) is 0 Å². The van der Waals surface area contributed by atoms with Crippen LogP contribution in [0.3, 0.4) is 0 Å². The molecular formula is C13H16N2O3. The Kier molecular flexibility index (Phi) is 3.06. The van der Waals surface area contributed by atoms with Crippen LogP contribution >= 0.6 is 0 Å². The molecule has 3 rings (SSSR count). The summed E-state index contributed by atoms with van der Waals surface area (Å²) < 4.78 is 10.5. The highest BCUT2D eigenvalue weighted by Gasteiger charge is 2.21. The molecule has 18 heavy (non-hydrogen) atoms. The lowest BCUT2D eigenvalue weighted by atomic mass is 9.97. The molecule has 1 aromatic carbocycles. The highest BCUT2D eigenvalue weighted by Crippen LogP contribution is 2.34. The van der Waals surface area contributed by atoms with Crippen LogP contribution < -0.4 is 20.1 Å². The number of piperidine rings is 1. The van der Waals surface area contributed by atoms with E-state index in [1.165, 1.54) is 0 Å². The van der Waals surface area contributed by atoms with Crippen molar-refractivity contribution in [2.75, 3.05) is 25.2 Å². The first-order valence-corrected chi connectivity index (χ1v) is 6.24. The monoisotopic (exact) mass is 248 g/mol. The molecule has 2 aliphatic heterocycles. The van der Waals surface area contributed by atoms with Gasteiger partial charge >= 0.3 is 0 Å². The Morgan fingerprint density at radius 2 is 2.00 bits per heavy atom. The van der Waals surface area contributed by atoms with Crippen LogP contribution in [0.1, 0.15) is 12.8 Å². The number of nitrogens with one attached hydrogen (secondary N) is 2. The summed E-state index contributed by atoms with van der Waals surface area (Å²) >= 11 is 0. The highest BCUT2D eigenvalue weighted by molar-refractivity contribution is 5.93. The number of amides is 1. The smallest absolute Gasteiger partial charge is 0.231 e. The summed E-state index contributed by atoms with van der Waals surface area (Å²) in [5.74, 6) is 1.63. The molecule has 5 nitrogen and oxygen atoms in total. The average molecular weight is 248 g/mol. The van der Waals surface area contributed by atoms with Crippen LogP contribution in [-0.2, 0) is 4.79 Å². The SMILES string of the molecule is O=C(Nc1ccc2c(c1)OCO2)C1CCNCC1. The van der Waals surface area contributed by atoms with E-state index in [1.807, 2.05) is 12.1 Å². The van der Waals surface area contributed by atoms with Crippen molar-refractivity contribution >= 4 is 11.6 Å². The number of fused-ring (bicyclic) bond motifs is 1. The molecule has 1 aromatic rings. The minimum atomic E-state index is 0.0929. The number of benzene rings is 1. The summed E-state index contributed by atoms with van der Waals surface area (Å²) in [6.07, 6.45) is 1.80. The highest BCUT2D eigenvalue weighted by atomic mass is 16.7. The van der Waals surface area contributed by atoms with Gasteiger partial charge in [0.1, 0.15) is 0 Å². The van der Waals surface area contributed by atoms with Crippen molar-refractivity contribution in [1.29, 1.82) is 0 Å². The molecule has 1 fully saturated rings. The lowest BCUT2D eigenvalue weighted by molar-refractivity contribution is -0.120. The van der Waals surface area contributed by atoms with Crippen molar-refractivity contribution in [2.45, 2.75) is 12.8 Å². The Labute approximate surface area is 105 Å². The van der Waals surface area contributed by atoms with Crippen LogP contribution in [0.15, 0.2) is 18.2 Å². The number of anilines is 1. The molecule has 96 valence electrons. The quantitative estimate of drug-likeness (QED) is 0.829. The maximum atomic E-state index is 12.1. The number of rotatable bonds is 2. The summed E-state index contributed by atoms with van der Waals surface area (Å²) in [7, 11) is 0. The molecule has 0 radical (unpaired) electrons. The maximum Gasteiger partial charge on any atom is 0.231 e. The summed E-state index contributed by atoms with van der Waals surface area (Å²) in [6.45, 7) is 2.08. The van der Waals surface area contributed by atoms with E-state index >= 15 is 0 Å². The fourth-order valence-corrected chi connectivity index (χ4v) is 2.30. The number of carbonyl (C=O) groups is 1. The second-order valence-corrected chi connectivity index (χ2v) is 4.58. The van der Waals surface area contributed by atoms with E-state index in [0.29, 0.717) is 5.75 Å². The topological polar surface area (TPSA) is 59.6 Å². The molecule has 1 saturated heterocycles. The molecule has 1 amide bonds. The average Bonchev–Trinajstić information content (AvgIpc) is 2.87. The third-order valence-corrected chi connectivity index (χ3v) is 3.35. The molecule has 2 heterocycles. The number of hydrogen-bond acceptors (Lipinski definition) is 4. The third-order valence-electron chi connectivity index (χ3n) is 3.35. The van der Waals surface area contributed by atoms with E-state index in [1.54, 1.807) is 6.07 Å². The molecule has 0 bridgehead atoms. The summed E-state index contributed by atoms with van der Waals surface area (Å²) in [5.41, 5.74) is 0.766. The lowest BCUT2D eigenvalue weighted by Crippen LogP contribution is -2.34. The van der Waals surface area contributed by atoms with Gasteiger partial charge in [0.2, 0.25) is 12.7 Å². The maximum absolute atomic E-state index is 12.1. The van der Waals surface area contributed by atoms with Gasteiger partial charge in [-0.15, -0.1) is 0 Å². The van der Waals surface area contributed by atoms with E-state index < -0.39 is 0 Å². The van der Waals surface area contributed by atoms with Gasteiger partial charge in [-0.25, -0.2) is 0 Å². The van der Waals surface area contributed by atoms with Gasteiger partial charge in [0.25, 0.3) is 0 Å². The zero-order valence-electron chi connectivity index (χ0n) is 10.1. The predicted octanol–water partition coefficient (Wildman–Crippen LogP) is 1.35. The normalized spacial score (nSPS) is 18.7. The molecule has 0 aromatic heterocycles. The van der Waals surface area contributed by atoms with Crippen LogP contribution in [0.4, 0.5) is 5.69 Å². The second-order valence-electron chi connectivity index (χ2n) is 4.58. The van der Waals surface area contributed by atoms with Crippen molar-refractivity contribution in [3.63, 3.8) is 0 Å². The first kappa shape index (κ1) is 11.3. The molecule has 0 aliphatic carbocycles. The van der Waals surface area contributed by atoms with Gasteiger partial charge in [0.05, 0.1) is 0 Å². The fourth-order valence-electron chi connectivity index (χ4n) is 2.30. The Morgan fingerprint density at radius 3 is 2.83 bits per heavy atom. The molecule has 2 aliphatic rings. The molecule has 2 N–H and O–H groups in total. The first-order chi connectivity index (χ1) is 8.83. The van der Waals surface area contributed by atoms with E-state index in [-0.39, 0.29) is 18.6 Å². The largest absolute Gasteiger partial charge is 0.454 e. The fraction of sp³-hybridized carbons (Fsp3) is 0.462. The molecule has 0 atom stereocenters. The van der Waals surface area contributed by atoms with Crippen LogP contribution in [0.5, 0.6) is 11.5 Å². The zero-order chi connectivity index (χ0) is 12.4. The predicted molar refractivity (Wildman–Crippen MR) is 66.8 cm³/mol. The van der Waals surface area contributed by atoms with Crippen LogP contribution in [-0.4, -0.2) is 25.8 Å². The molecule has 0 unspecified atom stereocenters. The Hall–Kier alpha value is -1.75. The molecule has 0 spiro atoms. The van der Waals surface area contributed by atoms with Gasteiger partial charge in [-0.3, -0.25) is 4.79 Å². The minimum absolute atomic E-state index is 0.0929. The lowest BCUT2D eigenvalue weighted by Gasteiger charge is -2.21. The van der Waals surface area contributed by atoms with E-state index in [2.05, 4.69) is 10.6 Å². The van der Waals surface area contributed by atoms with Gasteiger partial charge < -0.3 is 20.1 Å². The standard InChI is InChI=1S/C13H16N2O3/c16-13(9-3-5-14-6-4-9)15-10-1-2-11-12(7-10)18-8-17-11/h1-2,7,9,14H,3-6,8H2,(H,15,16). The summed E-state index contributed by atoms with van der Waals surface area (Å²) in [6, 6.07) is 5.47. The van der Waals surface area contributed by atoms with Gasteiger partial charge in [0, 0.05) is 17.7 Å². The van der Waals surface area contributed by atoms with Gasteiger partial charge in [0.15, 0.2) is 11.5 Å². The number of hydrogen-bond donors (Lipinski definition) is 2. The van der Waals surface area contributed by atoms with E-state index in [0.717, 1.165) is 37.4 Å². The van der Waals surface area contributed by atoms with Crippen molar-refractivity contribution in [3.8, 4) is 11.5 Å². The molecule has 5 heteroatoms. The first-order valence-electron chi connectivity index (χ1n) is 6.24. The third kappa shape index (κ3) is 2.26. The second kappa shape index (κ2) is 4.86. The minimum Gasteiger partial charge on any atom is -0.454 e.